The minimum atomic E-state index is -0.667. The Bertz CT molecular complexity index is 1840. The second-order valence-corrected chi connectivity index (χ2v) is 13.1. The minimum Gasteiger partial charge on any atom is -0.486 e. The fraction of sp³-hybridized carbons (Fsp3) is 0.167. The Morgan fingerprint density at radius 3 is 2.44 bits per heavy atom. The summed E-state index contributed by atoms with van der Waals surface area (Å²) in [5, 5.41) is 0.634. The lowest BCUT2D eigenvalue weighted by molar-refractivity contribution is -0.139. The number of carbonyl (C=O) groups is 1. The van der Waals surface area contributed by atoms with Crippen molar-refractivity contribution < 1.29 is 14.3 Å². The van der Waals surface area contributed by atoms with Crippen molar-refractivity contribution in [1.82, 2.24) is 4.57 Å². The van der Waals surface area contributed by atoms with Crippen LogP contribution in [0.15, 0.2) is 95.1 Å². The van der Waals surface area contributed by atoms with Crippen molar-refractivity contribution in [3.05, 3.63) is 127 Å². The van der Waals surface area contributed by atoms with E-state index in [0.29, 0.717) is 46.9 Å². The number of hydrogen-bond acceptors (Lipinski definition) is 6. The second kappa shape index (κ2) is 12.8. The van der Waals surface area contributed by atoms with Gasteiger partial charge in [-0.3, -0.25) is 9.36 Å². The van der Waals surface area contributed by atoms with Crippen LogP contribution < -0.4 is 19.6 Å². The molecule has 0 N–H and O–H groups in total. The molecule has 210 valence electrons. The van der Waals surface area contributed by atoms with Crippen LogP contribution in [0.3, 0.4) is 0 Å². The number of carbonyl (C=O) groups excluding carboxylic acids is 1. The van der Waals surface area contributed by atoms with Crippen LogP contribution >= 0.6 is 70.7 Å². The molecule has 1 aromatic heterocycles. The largest absolute Gasteiger partial charge is 0.486 e. The van der Waals surface area contributed by atoms with E-state index in [2.05, 4.69) is 52.8 Å². The first kappa shape index (κ1) is 30.0. The van der Waals surface area contributed by atoms with Gasteiger partial charge in [-0.25, -0.2) is 9.79 Å². The molecule has 0 aliphatic carbocycles. The van der Waals surface area contributed by atoms with E-state index >= 15 is 0 Å². The summed E-state index contributed by atoms with van der Waals surface area (Å²) in [6.07, 6.45) is 1.80. The molecule has 1 aliphatic rings. The maximum absolute atomic E-state index is 13.9. The maximum Gasteiger partial charge on any atom is 0.338 e. The molecule has 3 aromatic carbocycles. The number of allylic oxidation sites excluding steroid dienone is 1. The Balaban J connectivity index is 1.56. The number of ether oxygens (including phenoxy) is 2. The van der Waals surface area contributed by atoms with Gasteiger partial charge in [-0.05, 0) is 93.2 Å². The Morgan fingerprint density at radius 1 is 1.10 bits per heavy atom. The number of benzene rings is 3. The summed E-state index contributed by atoms with van der Waals surface area (Å²) in [6.45, 7) is 4.04. The Labute approximate surface area is 270 Å². The molecule has 0 spiro atoms. The van der Waals surface area contributed by atoms with Crippen LogP contribution in [0.4, 0.5) is 0 Å². The molecule has 4 aromatic rings. The van der Waals surface area contributed by atoms with Crippen LogP contribution in [-0.2, 0) is 16.1 Å². The van der Waals surface area contributed by atoms with Crippen LogP contribution in [-0.4, -0.2) is 17.1 Å². The van der Waals surface area contributed by atoms with Crippen LogP contribution in [0.5, 0.6) is 5.75 Å². The summed E-state index contributed by atoms with van der Waals surface area (Å²) in [5.41, 5.74) is 3.05. The summed E-state index contributed by atoms with van der Waals surface area (Å²) >= 11 is 18.2. The van der Waals surface area contributed by atoms with Gasteiger partial charge < -0.3 is 9.47 Å². The molecule has 11 heteroatoms. The van der Waals surface area contributed by atoms with E-state index in [-0.39, 0.29) is 12.2 Å². The van der Waals surface area contributed by atoms with Crippen molar-refractivity contribution >= 4 is 82.8 Å². The number of aromatic nitrogens is 1. The van der Waals surface area contributed by atoms with Crippen LogP contribution in [0.2, 0.25) is 5.02 Å². The molecule has 1 aliphatic heterocycles. The highest BCUT2D eigenvalue weighted by molar-refractivity contribution is 9.11. The quantitative estimate of drug-likeness (QED) is 0.185. The Morgan fingerprint density at radius 2 is 1.78 bits per heavy atom. The van der Waals surface area contributed by atoms with E-state index in [0.717, 1.165) is 21.2 Å². The van der Waals surface area contributed by atoms with Gasteiger partial charge in [0.25, 0.3) is 5.56 Å². The molecule has 1 atom stereocenters. The third-order valence-corrected chi connectivity index (χ3v) is 9.41. The van der Waals surface area contributed by atoms with Crippen LogP contribution in [0, 0.1) is 0 Å². The van der Waals surface area contributed by atoms with Crippen molar-refractivity contribution in [1.29, 1.82) is 0 Å². The summed E-state index contributed by atoms with van der Waals surface area (Å²) in [5.74, 6) is 0.129. The van der Waals surface area contributed by atoms with E-state index in [4.69, 9.17) is 21.1 Å². The van der Waals surface area contributed by atoms with Crippen molar-refractivity contribution in [2.75, 3.05) is 6.61 Å². The van der Waals surface area contributed by atoms with E-state index in [9.17, 15) is 9.59 Å². The predicted molar refractivity (Wildman–Crippen MR) is 172 cm³/mol. The average molecular weight is 782 g/mol. The Hall–Kier alpha value is -2.50. The number of nitrogens with zero attached hydrogens (tertiary/aromatic N) is 2. The van der Waals surface area contributed by atoms with Crippen molar-refractivity contribution in [2.24, 2.45) is 4.99 Å². The second-order valence-electron chi connectivity index (χ2n) is 9.05. The van der Waals surface area contributed by atoms with E-state index in [1.807, 2.05) is 60.7 Å². The lowest BCUT2D eigenvalue weighted by Gasteiger charge is -2.24. The molecule has 0 fully saturated rings. The lowest BCUT2D eigenvalue weighted by Crippen LogP contribution is -2.39. The van der Waals surface area contributed by atoms with Gasteiger partial charge in [0.15, 0.2) is 4.80 Å². The molecule has 0 amide bonds. The van der Waals surface area contributed by atoms with E-state index in [1.54, 1.807) is 24.5 Å². The number of esters is 1. The zero-order valence-electron chi connectivity index (χ0n) is 21.8. The maximum atomic E-state index is 13.9. The first-order chi connectivity index (χ1) is 19.7. The number of rotatable bonds is 7. The van der Waals surface area contributed by atoms with Gasteiger partial charge in [0.05, 0.1) is 37.4 Å². The fourth-order valence-corrected chi connectivity index (χ4v) is 7.42. The van der Waals surface area contributed by atoms with Crippen molar-refractivity contribution in [3.63, 3.8) is 0 Å². The summed E-state index contributed by atoms with van der Waals surface area (Å²) < 4.78 is 15.8. The number of thiazole rings is 1. The predicted octanol–water partition coefficient (Wildman–Crippen LogP) is 7.32. The zero-order valence-corrected chi connectivity index (χ0v) is 28.1. The third-order valence-electron chi connectivity index (χ3n) is 6.35. The van der Waals surface area contributed by atoms with E-state index < -0.39 is 12.0 Å². The number of hydrogen-bond donors (Lipinski definition) is 0. The van der Waals surface area contributed by atoms with Crippen LogP contribution in [0.25, 0.3) is 6.08 Å². The first-order valence-corrected chi connectivity index (χ1v) is 16.1. The molecule has 6 nitrogen and oxygen atoms in total. The van der Waals surface area contributed by atoms with Gasteiger partial charge in [-0.2, -0.15) is 0 Å². The monoisotopic (exact) mass is 778 g/mol. The van der Waals surface area contributed by atoms with Crippen molar-refractivity contribution in [2.45, 2.75) is 26.5 Å². The fourth-order valence-electron chi connectivity index (χ4n) is 4.47. The number of halogens is 4. The molecular formula is C30H22Br3ClN2O4S. The van der Waals surface area contributed by atoms with Crippen molar-refractivity contribution in [3.8, 4) is 5.75 Å². The molecule has 0 saturated heterocycles. The normalized spacial score (nSPS) is 15.0. The molecule has 0 radical (unpaired) electrons. The molecule has 0 bridgehead atoms. The SMILES string of the molecule is CCOC(=O)C1=C(C)N=c2s/c(=C\c3cc(Br)c(OCc4ccccc4Cl)c(Br)c3)c(=O)n2[C@@H]1c1ccc(Br)cc1. The summed E-state index contributed by atoms with van der Waals surface area (Å²) in [6, 6.07) is 18.2. The molecule has 41 heavy (non-hydrogen) atoms. The van der Waals surface area contributed by atoms with Gasteiger partial charge in [-0.1, -0.05) is 69.2 Å². The Kier molecular flexibility index (Phi) is 9.35. The number of fused-ring (bicyclic) bond motifs is 1. The summed E-state index contributed by atoms with van der Waals surface area (Å²) in [4.78, 5) is 32.1. The highest BCUT2D eigenvalue weighted by atomic mass is 79.9. The summed E-state index contributed by atoms with van der Waals surface area (Å²) in [7, 11) is 0. The average Bonchev–Trinajstić information content (AvgIpc) is 3.23. The minimum absolute atomic E-state index is 0.217. The van der Waals surface area contributed by atoms with Gasteiger partial charge in [0.1, 0.15) is 12.4 Å². The molecule has 0 saturated carbocycles. The van der Waals surface area contributed by atoms with E-state index in [1.165, 1.54) is 11.3 Å². The smallest absolute Gasteiger partial charge is 0.338 e. The molecule has 0 unspecified atom stereocenters. The van der Waals surface area contributed by atoms with Gasteiger partial charge >= 0.3 is 5.97 Å². The molecule has 5 rings (SSSR count). The van der Waals surface area contributed by atoms with Gasteiger partial charge in [0, 0.05) is 15.1 Å². The molecular weight excluding hydrogens is 760 g/mol. The van der Waals surface area contributed by atoms with Crippen LogP contribution in [0.1, 0.15) is 36.6 Å². The topological polar surface area (TPSA) is 69.9 Å². The standard InChI is InChI=1S/C30H22Br3ClN2O4S/c1-3-39-29(38)25-16(2)35-30-36(26(25)18-8-10-20(31)11-9-18)28(37)24(41-30)14-17-12-21(32)27(22(33)13-17)40-15-19-6-4-5-7-23(19)34/h4-14,26H,3,15H2,1-2H3/b24-14-/t26-/m1/s1. The highest BCUT2D eigenvalue weighted by Crippen LogP contribution is 2.36. The van der Waals surface area contributed by atoms with Gasteiger partial charge in [0.2, 0.25) is 0 Å². The highest BCUT2D eigenvalue weighted by Gasteiger charge is 2.33. The lowest BCUT2D eigenvalue weighted by atomic mass is 9.96. The van der Waals surface area contributed by atoms with Gasteiger partial charge in [-0.15, -0.1) is 0 Å². The molecule has 2 heterocycles. The zero-order chi connectivity index (χ0) is 29.3. The first-order valence-electron chi connectivity index (χ1n) is 12.5. The third kappa shape index (κ3) is 6.32.